The van der Waals surface area contributed by atoms with Gasteiger partial charge in [0.1, 0.15) is 0 Å². The Hall–Kier alpha value is -1.03. The molecule has 10 heavy (non-hydrogen) atoms. The first kappa shape index (κ1) is 7.08. The van der Waals surface area contributed by atoms with Crippen molar-refractivity contribution >= 4 is 6.09 Å². The number of hydrogen-bond donors (Lipinski definition) is 1. The van der Waals surface area contributed by atoms with E-state index in [1.54, 1.807) is 0 Å². The van der Waals surface area contributed by atoms with Crippen LogP contribution in [-0.2, 0) is 4.74 Å². The van der Waals surface area contributed by atoms with Crippen LogP contribution in [0.3, 0.4) is 0 Å². The molecule has 1 aliphatic rings. The maximum absolute atomic E-state index is 10.6. The monoisotopic (exact) mass is 143 g/mol. The molecule has 0 radical (unpaired) electrons. The summed E-state index contributed by atoms with van der Waals surface area (Å²) in [7, 11) is 1.47. The summed E-state index contributed by atoms with van der Waals surface area (Å²) in [4.78, 5) is 11.8. The highest BCUT2D eigenvalue weighted by atomic mass is 16.6. The van der Waals surface area contributed by atoms with Crippen molar-refractivity contribution in [1.29, 1.82) is 0 Å². The molecule has 1 heterocycles. The molecule has 1 aliphatic heterocycles. The number of likely N-dealkylation sites (N-methyl/N-ethyl adjacent to an activating group) is 1. The third-order valence-corrected chi connectivity index (χ3v) is 1.45. The number of ether oxygens (including phenoxy) is 1. The number of aliphatic hydroxyl groups is 1. The van der Waals surface area contributed by atoms with Gasteiger partial charge in [0.05, 0.1) is 0 Å². The van der Waals surface area contributed by atoms with Crippen LogP contribution in [0.4, 0.5) is 4.79 Å². The first-order valence-electron chi connectivity index (χ1n) is 2.91. The van der Waals surface area contributed by atoms with Gasteiger partial charge >= 0.3 is 6.09 Å². The van der Waals surface area contributed by atoms with E-state index in [2.05, 4.69) is 11.3 Å². The molecule has 1 saturated heterocycles. The number of amides is 1. The molecule has 0 aromatic heterocycles. The third kappa shape index (κ3) is 0.863. The van der Waals surface area contributed by atoms with Gasteiger partial charge in [-0.15, -0.1) is 0 Å². The fourth-order valence-electron chi connectivity index (χ4n) is 0.759. The zero-order chi connectivity index (χ0) is 7.72. The number of nitrogens with zero attached hydrogens (tertiary/aromatic N) is 1. The van der Waals surface area contributed by atoms with E-state index < -0.39 is 18.4 Å². The van der Waals surface area contributed by atoms with Crippen LogP contribution >= 0.6 is 0 Å². The molecule has 0 saturated carbocycles. The normalized spacial score (nSPS) is 32.2. The number of carbonyl (C=O) groups is 1. The lowest BCUT2D eigenvalue weighted by Gasteiger charge is -2.10. The maximum Gasteiger partial charge on any atom is 0.412 e. The van der Waals surface area contributed by atoms with Gasteiger partial charge in [-0.2, -0.15) is 0 Å². The molecule has 1 N–H and O–H groups in total. The van der Waals surface area contributed by atoms with E-state index in [1.807, 2.05) is 0 Å². The van der Waals surface area contributed by atoms with Crippen molar-refractivity contribution in [3.63, 3.8) is 0 Å². The quantitative estimate of drug-likeness (QED) is 0.523. The molecule has 0 aromatic rings. The van der Waals surface area contributed by atoms with Crippen molar-refractivity contribution in [1.82, 2.24) is 4.90 Å². The van der Waals surface area contributed by atoms with E-state index in [0.29, 0.717) is 0 Å². The second-order valence-corrected chi connectivity index (χ2v) is 2.11. The molecule has 0 bridgehead atoms. The summed E-state index contributed by atoms with van der Waals surface area (Å²) in [5.41, 5.74) is 0. The smallest absolute Gasteiger partial charge is 0.412 e. The molecular weight excluding hydrogens is 134 g/mol. The molecule has 4 nitrogen and oxygen atoms in total. The van der Waals surface area contributed by atoms with Crippen molar-refractivity contribution in [2.24, 2.45) is 0 Å². The van der Waals surface area contributed by atoms with Crippen molar-refractivity contribution in [2.45, 2.75) is 12.3 Å². The molecule has 2 atom stereocenters. The van der Waals surface area contributed by atoms with Gasteiger partial charge in [-0.3, -0.25) is 4.90 Å². The summed E-state index contributed by atoms with van der Waals surface area (Å²) in [6.07, 6.45) is -0.591. The Labute approximate surface area is 58.7 Å². The van der Waals surface area contributed by atoms with Crippen LogP contribution in [0.1, 0.15) is 0 Å². The molecular formula is C6H9NO3. The summed E-state index contributed by atoms with van der Waals surface area (Å²) in [5.74, 6) is 0. The largest absolute Gasteiger partial charge is 0.437 e. The topological polar surface area (TPSA) is 49.8 Å². The number of carbonyl (C=O) groups excluding carboxylic acids is 1. The van der Waals surface area contributed by atoms with E-state index >= 15 is 0 Å². The van der Waals surface area contributed by atoms with Crippen molar-refractivity contribution < 1.29 is 14.6 Å². The number of aliphatic hydroxyl groups excluding tert-OH is 1. The van der Waals surface area contributed by atoms with Crippen LogP contribution in [0, 0.1) is 0 Å². The Bertz CT molecular complexity index is 168. The fourth-order valence-corrected chi connectivity index (χ4v) is 0.759. The Balaban J connectivity index is 2.70. The van der Waals surface area contributed by atoms with Gasteiger partial charge in [0, 0.05) is 7.05 Å². The van der Waals surface area contributed by atoms with Crippen LogP contribution in [-0.4, -0.2) is 35.5 Å². The highest BCUT2D eigenvalue weighted by Crippen LogP contribution is 2.15. The number of hydrogen-bond acceptors (Lipinski definition) is 3. The molecule has 4 heteroatoms. The predicted molar refractivity (Wildman–Crippen MR) is 34.2 cm³/mol. The lowest BCUT2D eigenvalue weighted by Crippen LogP contribution is -2.31. The Morgan fingerprint density at radius 1 is 1.90 bits per heavy atom. The minimum Gasteiger partial charge on any atom is -0.437 e. The zero-order valence-electron chi connectivity index (χ0n) is 5.65. The summed E-state index contributed by atoms with van der Waals surface area (Å²) in [6.45, 7) is 3.40. The van der Waals surface area contributed by atoms with Crippen molar-refractivity contribution in [3.8, 4) is 0 Å². The lowest BCUT2D eigenvalue weighted by atomic mass is 10.3. The van der Waals surface area contributed by atoms with Crippen LogP contribution in [0.25, 0.3) is 0 Å². The summed E-state index contributed by atoms with van der Waals surface area (Å²) >= 11 is 0. The Morgan fingerprint density at radius 2 is 2.50 bits per heavy atom. The maximum atomic E-state index is 10.6. The fraction of sp³-hybridized carbons (Fsp3) is 0.500. The van der Waals surface area contributed by atoms with Gasteiger partial charge in [0.15, 0.2) is 12.3 Å². The number of cyclic esters (lactones) is 1. The van der Waals surface area contributed by atoms with Gasteiger partial charge in [0.2, 0.25) is 0 Å². The average Bonchev–Trinajstić information content (AvgIpc) is 2.17. The van der Waals surface area contributed by atoms with E-state index in [-0.39, 0.29) is 0 Å². The SMILES string of the molecule is C=CC1OC(=O)N(C)C1O. The van der Waals surface area contributed by atoms with Gasteiger partial charge < -0.3 is 9.84 Å². The molecule has 0 spiro atoms. The molecule has 2 unspecified atom stereocenters. The van der Waals surface area contributed by atoms with Crippen molar-refractivity contribution in [2.75, 3.05) is 7.05 Å². The first-order chi connectivity index (χ1) is 4.66. The Kier molecular flexibility index (Phi) is 1.63. The molecule has 1 amide bonds. The standard InChI is InChI=1S/C6H9NO3/c1-3-4-5(8)7(2)6(9)10-4/h3-5,8H,1H2,2H3. The van der Waals surface area contributed by atoms with Crippen LogP contribution in [0.15, 0.2) is 12.7 Å². The van der Waals surface area contributed by atoms with Crippen LogP contribution < -0.4 is 0 Å². The lowest BCUT2D eigenvalue weighted by molar-refractivity contribution is 0.0451. The zero-order valence-corrected chi connectivity index (χ0v) is 5.65. The van der Waals surface area contributed by atoms with Gasteiger partial charge in [-0.25, -0.2) is 4.79 Å². The number of rotatable bonds is 1. The van der Waals surface area contributed by atoms with Crippen LogP contribution in [0.5, 0.6) is 0 Å². The second kappa shape index (κ2) is 2.30. The van der Waals surface area contributed by atoms with E-state index in [1.165, 1.54) is 13.1 Å². The molecule has 0 aromatic carbocycles. The van der Waals surface area contributed by atoms with E-state index in [4.69, 9.17) is 5.11 Å². The molecule has 1 rings (SSSR count). The van der Waals surface area contributed by atoms with E-state index in [9.17, 15) is 4.79 Å². The summed E-state index contributed by atoms with van der Waals surface area (Å²) in [6, 6.07) is 0. The summed E-state index contributed by atoms with van der Waals surface area (Å²) in [5, 5.41) is 9.14. The van der Waals surface area contributed by atoms with Crippen molar-refractivity contribution in [3.05, 3.63) is 12.7 Å². The molecule has 0 aliphatic carbocycles. The minimum absolute atomic E-state index is 0.516. The third-order valence-electron chi connectivity index (χ3n) is 1.45. The summed E-state index contributed by atoms with van der Waals surface area (Å²) < 4.78 is 4.65. The highest BCUT2D eigenvalue weighted by molar-refractivity contribution is 5.70. The van der Waals surface area contributed by atoms with Crippen LogP contribution in [0.2, 0.25) is 0 Å². The van der Waals surface area contributed by atoms with Gasteiger partial charge in [0.25, 0.3) is 0 Å². The van der Waals surface area contributed by atoms with Gasteiger partial charge in [-0.05, 0) is 6.08 Å². The molecule has 56 valence electrons. The van der Waals surface area contributed by atoms with E-state index in [0.717, 1.165) is 4.90 Å². The first-order valence-corrected chi connectivity index (χ1v) is 2.91. The highest BCUT2D eigenvalue weighted by Gasteiger charge is 2.35. The molecule has 1 fully saturated rings. The second-order valence-electron chi connectivity index (χ2n) is 2.11. The predicted octanol–water partition coefficient (Wildman–Crippen LogP) is -0.0586. The Morgan fingerprint density at radius 3 is 2.70 bits per heavy atom. The van der Waals surface area contributed by atoms with Gasteiger partial charge in [-0.1, -0.05) is 6.58 Å². The average molecular weight is 143 g/mol. The minimum atomic E-state index is -0.884.